The van der Waals surface area contributed by atoms with E-state index in [9.17, 15) is 5.11 Å². The quantitative estimate of drug-likeness (QED) is 0.117. The van der Waals surface area contributed by atoms with Crippen molar-refractivity contribution in [1.29, 1.82) is 0 Å². The van der Waals surface area contributed by atoms with Crippen LogP contribution in [0.25, 0.3) is 78.3 Å². The number of nitrogens with zero attached hydrogens (tertiary/aromatic N) is 3. The highest BCUT2D eigenvalue weighted by Crippen LogP contribution is 2.44. The molecule has 0 saturated carbocycles. The molecule has 2 aromatic heterocycles. The molecule has 69 heavy (non-hydrogen) atoms. The largest absolute Gasteiger partial charge is 0.507 e. The minimum Gasteiger partial charge on any atom is -0.507 e. The molecule has 0 fully saturated rings. The molecule has 0 bridgehead atoms. The molecule has 0 atom stereocenters. The van der Waals surface area contributed by atoms with E-state index in [1.54, 1.807) is 45.9 Å². The molecule has 0 radical (unpaired) electrons. The maximum Gasteiger partial charge on any atom is 0.149 e. The molecule has 4 heteroatoms. The van der Waals surface area contributed by atoms with Gasteiger partial charge in [-0.05, 0) is 146 Å². The van der Waals surface area contributed by atoms with Crippen LogP contribution in [-0.2, 0) is 5.41 Å². The zero-order valence-electron chi connectivity index (χ0n) is 47.2. The zero-order valence-corrected chi connectivity index (χ0v) is 42.2. The van der Waals surface area contributed by atoms with Crippen molar-refractivity contribution in [2.75, 3.05) is 0 Å². The van der Waals surface area contributed by atoms with Gasteiger partial charge in [-0.2, -0.15) is 0 Å². The van der Waals surface area contributed by atoms with Gasteiger partial charge in [-0.3, -0.25) is 9.55 Å². The van der Waals surface area contributed by atoms with Crippen LogP contribution >= 0.6 is 0 Å². The number of imidazole rings is 1. The van der Waals surface area contributed by atoms with Gasteiger partial charge in [0.15, 0.2) is 0 Å². The smallest absolute Gasteiger partial charge is 0.149 e. The number of rotatable bonds is 13. The second-order valence-corrected chi connectivity index (χ2v) is 20.4. The van der Waals surface area contributed by atoms with Crippen molar-refractivity contribution in [1.82, 2.24) is 14.5 Å². The van der Waals surface area contributed by atoms with Crippen molar-refractivity contribution in [3.63, 3.8) is 0 Å². The summed E-state index contributed by atoms with van der Waals surface area (Å²) in [6.07, 6.45) is 7.23. The summed E-state index contributed by atoms with van der Waals surface area (Å²) in [5.41, 5.74) is 14.6. The van der Waals surface area contributed by atoms with Crippen LogP contribution in [0.15, 0.2) is 170 Å². The number of aromatic hydroxyl groups is 1. The van der Waals surface area contributed by atoms with Gasteiger partial charge in [-0.25, -0.2) is 4.98 Å². The molecule has 1 N–H and O–H groups in total. The van der Waals surface area contributed by atoms with Crippen molar-refractivity contribution in [3.8, 4) is 67.5 Å². The highest BCUT2D eigenvalue weighted by Gasteiger charge is 2.25. The first-order valence-electron chi connectivity index (χ1n) is 26.6. The summed E-state index contributed by atoms with van der Waals surface area (Å²) < 4.78 is 46.5. The van der Waals surface area contributed by atoms with E-state index in [1.807, 2.05) is 59.3 Å². The summed E-state index contributed by atoms with van der Waals surface area (Å²) in [6.45, 7) is 23.6. The van der Waals surface area contributed by atoms with E-state index in [4.69, 9.17) is 16.8 Å². The highest BCUT2D eigenvalue weighted by molar-refractivity contribution is 5.97. The van der Waals surface area contributed by atoms with Gasteiger partial charge in [-0.15, -0.1) is 0 Å². The van der Waals surface area contributed by atoms with Gasteiger partial charge in [-0.1, -0.05) is 191 Å². The Morgan fingerprint density at radius 2 is 1.39 bits per heavy atom. The molecular weight excluding hydrogens is 839 g/mol. The Kier molecular flexibility index (Phi) is 12.1. The van der Waals surface area contributed by atoms with E-state index in [0.29, 0.717) is 44.8 Å². The molecule has 0 saturated heterocycles. The van der Waals surface area contributed by atoms with Crippen LogP contribution in [0, 0.1) is 18.6 Å². The third kappa shape index (κ3) is 10.4. The number of aryl methyl sites for hydroxylation is 1. The van der Waals surface area contributed by atoms with Gasteiger partial charge < -0.3 is 5.11 Å². The van der Waals surface area contributed by atoms with E-state index in [-0.39, 0.29) is 28.6 Å². The fraction of sp³-hybridized carbons (Fsp3) is 0.262. The number of phenols is 1. The molecule has 6 aromatic carbocycles. The highest BCUT2D eigenvalue weighted by atomic mass is 16.3. The Hall–Kier alpha value is -7.04. The number of allylic oxidation sites excluding steroid dienone is 5. The molecule has 0 spiro atoms. The second kappa shape index (κ2) is 19.9. The fourth-order valence-electron chi connectivity index (χ4n) is 8.73. The zero-order chi connectivity index (χ0) is 53.7. The van der Waals surface area contributed by atoms with Crippen LogP contribution < -0.4 is 0 Å². The first kappa shape index (κ1) is 42.1. The molecule has 0 amide bonds. The number of pyridine rings is 1. The predicted molar refractivity (Wildman–Crippen MR) is 295 cm³/mol. The fourth-order valence-corrected chi connectivity index (χ4v) is 8.73. The lowest BCUT2D eigenvalue weighted by molar-refractivity contribution is 0.466. The third-order valence-electron chi connectivity index (χ3n) is 13.0. The molecule has 2 heterocycles. The lowest BCUT2D eigenvalue weighted by Gasteiger charge is -2.22. The van der Waals surface area contributed by atoms with Crippen molar-refractivity contribution in [3.05, 3.63) is 198 Å². The minimum atomic E-state index is -2.61. The number of hydrogen-bond donors (Lipinski definition) is 1. The molecule has 0 aliphatic heterocycles. The Bertz CT molecular complexity index is 3450. The predicted octanol–water partition coefficient (Wildman–Crippen LogP) is 18.1. The van der Waals surface area contributed by atoms with Crippen LogP contribution in [0.5, 0.6) is 5.75 Å². The molecule has 8 rings (SSSR count). The van der Waals surface area contributed by atoms with Gasteiger partial charge in [0.05, 0.1) is 28.0 Å². The molecule has 0 aliphatic rings. The summed E-state index contributed by atoms with van der Waals surface area (Å²) in [6, 6.07) is 45.2. The number of aromatic nitrogens is 3. The van der Waals surface area contributed by atoms with Gasteiger partial charge in [0.2, 0.25) is 0 Å². The average molecular weight is 913 g/mol. The molecule has 350 valence electrons. The van der Waals surface area contributed by atoms with Crippen LogP contribution in [0.1, 0.15) is 123 Å². The van der Waals surface area contributed by atoms with Crippen LogP contribution in [0.4, 0.5) is 0 Å². The molecular formula is C65H69N3O. The van der Waals surface area contributed by atoms with Crippen molar-refractivity contribution >= 4 is 16.6 Å². The van der Waals surface area contributed by atoms with Crippen LogP contribution in [-0.4, -0.2) is 19.6 Å². The Labute approximate surface area is 418 Å². The van der Waals surface area contributed by atoms with Crippen LogP contribution in [0.2, 0.25) is 0 Å². The van der Waals surface area contributed by atoms with Gasteiger partial charge in [0, 0.05) is 24.2 Å². The molecule has 4 nitrogen and oxygen atoms in total. The summed E-state index contributed by atoms with van der Waals surface area (Å²) in [5, 5.41) is 12.4. The van der Waals surface area contributed by atoms with E-state index in [1.165, 1.54) is 5.56 Å². The average Bonchev–Trinajstić information content (AvgIpc) is 3.73. The normalized spacial score (nSPS) is 14.0. The van der Waals surface area contributed by atoms with Crippen LogP contribution in [0.3, 0.4) is 0 Å². The Morgan fingerprint density at radius 3 is 2.04 bits per heavy atom. The van der Waals surface area contributed by atoms with Crippen molar-refractivity contribution < 1.29 is 12.0 Å². The number of hydrogen-bond acceptors (Lipinski definition) is 3. The van der Waals surface area contributed by atoms with E-state index in [0.717, 1.165) is 55.8 Å². The third-order valence-corrected chi connectivity index (χ3v) is 13.0. The topological polar surface area (TPSA) is 50.9 Å². The summed E-state index contributed by atoms with van der Waals surface area (Å²) in [5.74, 6) is -1.33. The Morgan fingerprint density at radius 1 is 0.696 bits per heavy atom. The number of para-hydroxylation sites is 1. The molecule has 0 aliphatic carbocycles. The van der Waals surface area contributed by atoms with E-state index in [2.05, 4.69) is 140 Å². The van der Waals surface area contributed by atoms with Crippen molar-refractivity contribution in [2.24, 2.45) is 11.8 Å². The number of benzene rings is 6. The lowest BCUT2D eigenvalue weighted by atomic mass is 9.83. The van der Waals surface area contributed by atoms with Gasteiger partial charge in [0.25, 0.3) is 0 Å². The first-order valence-corrected chi connectivity index (χ1v) is 24.1. The number of fused-ring (bicyclic) bond motifs is 1. The van der Waals surface area contributed by atoms with Crippen molar-refractivity contribution in [2.45, 2.75) is 100 Å². The molecule has 0 unspecified atom stereocenters. The summed E-state index contributed by atoms with van der Waals surface area (Å²) in [4.78, 5) is 10.4. The van der Waals surface area contributed by atoms with Gasteiger partial charge in [0.1, 0.15) is 11.6 Å². The van der Waals surface area contributed by atoms with Gasteiger partial charge >= 0.3 is 0 Å². The van der Waals surface area contributed by atoms with E-state index < -0.39 is 18.6 Å². The molecule has 8 aromatic rings. The summed E-state index contributed by atoms with van der Waals surface area (Å²) in [7, 11) is 0. The van der Waals surface area contributed by atoms with E-state index >= 15 is 0 Å². The first-order chi connectivity index (χ1) is 34.7. The summed E-state index contributed by atoms with van der Waals surface area (Å²) >= 11 is 0. The Balaban J connectivity index is 1.38. The second-order valence-electron chi connectivity index (χ2n) is 20.4. The monoisotopic (exact) mass is 913 g/mol. The maximum atomic E-state index is 12.4. The minimum absolute atomic E-state index is 0.0206. The standard InChI is InChI=1S/C65H69N3O/c1-40(2)22-23-49(32-44(9)41(3)4)50-28-29-60(45(10)33-50)68-61-21-17-20-56(62(61)67-64(68)58-38-52(42(5)6)37-57(43(7)8)63(58)69)53-34-54(36-55(35-53)65(11,12)13)59-39-51(30-31-66-59)48-26-24-47(25-27-48)46-18-15-14-16-19-46/h14-43,69H,9H2,1-8,10-13H3/b23-22+,49-32+/i10D3,40D,41D. The number of phenolic OH excluding ortho intramolecular Hbond substituents is 1. The SMILES string of the molecule is [2H]C(C)(C)/C=C/C(=C\C(=C)C([2H])(C)C)c1ccc(-n2c(-c3cc(C(C)C)cc(C(C)C)c3O)nc3c(-c4cc(-c5cc(-c6ccc(-c7ccccc7)cc6)ccn5)cc(C(C)(C)C)c4)cccc32)c(C([2H])([2H])[2H])c1. The lowest BCUT2D eigenvalue weighted by Crippen LogP contribution is -2.11. The maximum absolute atomic E-state index is 12.4.